The summed E-state index contributed by atoms with van der Waals surface area (Å²) in [5, 5.41) is 9.23. The smallest absolute Gasteiger partial charge is 0.303 e. The topological polar surface area (TPSA) is 37.3 Å². The van der Waals surface area contributed by atoms with Crippen LogP contribution in [-0.2, 0) is 4.79 Å². The summed E-state index contributed by atoms with van der Waals surface area (Å²) in [4.78, 5) is 11.2. The second kappa shape index (κ2) is 8.15. The number of fused-ring (bicyclic) bond motifs is 1. The Morgan fingerprint density at radius 1 is 1.19 bits per heavy atom. The fourth-order valence-electron chi connectivity index (χ4n) is 6.21. The quantitative estimate of drug-likeness (QED) is 0.570. The van der Waals surface area contributed by atoms with E-state index < -0.39 is 5.97 Å². The number of rotatable bonds is 4. The molecule has 0 amide bonds. The molecular weight excluding hydrogens is 320 g/mol. The molecule has 0 aromatic carbocycles. The number of carboxylic acid groups (broad SMARTS) is 1. The van der Waals surface area contributed by atoms with Crippen molar-refractivity contribution in [3.8, 4) is 0 Å². The Bertz CT molecular complexity index is 612. The lowest BCUT2D eigenvalue weighted by atomic mass is 9.61. The van der Waals surface area contributed by atoms with E-state index in [-0.39, 0.29) is 11.3 Å². The maximum atomic E-state index is 11.2. The van der Waals surface area contributed by atoms with Gasteiger partial charge >= 0.3 is 5.97 Å². The van der Waals surface area contributed by atoms with Crippen molar-refractivity contribution in [1.82, 2.24) is 0 Å². The maximum Gasteiger partial charge on any atom is 0.303 e. The molecule has 0 aromatic rings. The Hall–Kier alpha value is -1.31. The number of allylic oxidation sites excluding steroid dienone is 5. The molecule has 3 aliphatic rings. The van der Waals surface area contributed by atoms with Crippen LogP contribution in [0.5, 0.6) is 0 Å². The molecule has 3 aliphatic carbocycles. The van der Waals surface area contributed by atoms with Crippen LogP contribution in [0.2, 0.25) is 0 Å². The van der Waals surface area contributed by atoms with Crippen LogP contribution in [0.15, 0.2) is 35.5 Å². The minimum atomic E-state index is -0.646. The highest BCUT2D eigenvalue weighted by Gasteiger charge is 2.50. The maximum absolute atomic E-state index is 11.2. The summed E-state index contributed by atoms with van der Waals surface area (Å²) < 4.78 is 0. The van der Waals surface area contributed by atoms with Crippen molar-refractivity contribution in [2.45, 2.75) is 84.5 Å². The minimum Gasteiger partial charge on any atom is -0.481 e. The van der Waals surface area contributed by atoms with E-state index in [1.54, 1.807) is 5.57 Å². The fourth-order valence-corrected chi connectivity index (χ4v) is 6.21. The molecule has 26 heavy (non-hydrogen) atoms. The predicted molar refractivity (Wildman–Crippen MR) is 108 cm³/mol. The number of hydrogen-bond acceptors (Lipinski definition) is 1. The molecule has 0 aliphatic heterocycles. The normalized spacial score (nSPS) is 36.8. The first-order chi connectivity index (χ1) is 12.4. The van der Waals surface area contributed by atoms with Crippen molar-refractivity contribution < 1.29 is 9.90 Å². The summed E-state index contributed by atoms with van der Waals surface area (Å²) in [5.74, 6) is 0.829. The standard InChI is InChI=1S/C24H36O2/c1-17-8-5-4-6-9-19(17)11-12-20-10-7-15-24(3)21(13-14-22(20)24)18(2)16-23(25)26/h11-12,18,21-22H,1,4-10,13-16H2,2-3H3,(H,25,26)/b19-11-,20-12+/t18-,21?,22?,24-/m1/s1. The van der Waals surface area contributed by atoms with Crippen LogP contribution in [0.25, 0.3) is 0 Å². The van der Waals surface area contributed by atoms with Gasteiger partial charge in [0.05, 0.1) is 0 Å². The largest absolute Gasteiger partial charge is 0.481 e. The van der Waals surface area contributed by atoms with Crippen molar-refractivity contribution >= 4 is 5.97 Å². The lowest BCUT2D eigenvalue weighted by Crippen LogP contribution is -2.36. The average molecular weight is 357 g/mol. The zero-order valence-corrected chi connectivity index (χ0v) is 16.7. The molecule has 0 spiro atoms. The van der Waals surface area contributed by atoms with Crippen LogP contribution in [0.4, 0.5) is 0 Å². The fraction of sp³-hybridized carbons (Fsp3) is 0.708. The summed E-state index contributed by atoms with van der Waals surface area (Å²) in [7, 11) is 0. The lowest BCUT2D eigenvalue weighted by Gasteiger charge is -2.44. The molecule has 0 bridgehead atoms. The van der Waals surface area contributed by atoms with Crippen LogP contribution in [0, 0.1) is 23.2 Å². The molecule has 0 saturated heterocycles. The third kappa shape index (κ3) is 4.00. The first kappa shape index (κ1) is 19.5. The van der Waals surface area contributed by atoms with E-state index in [2.05, 4.69) is 32.6 Å². The second-order valence-corrected chi connectivity index (χ2v) is 9.27. The molecular formula is C24H36O2. The summed E-state index contributed by atoms with van der Waals surface area (Å²) in [5.41, 5.74) is 4.72. The van der Waals surface area contributed by atoms with Crippen LogP contribution in [-0.4, -0.2) is 11.1 Å². The molecule has 2 unspecified atom stereocenters. The first-order valence-corrected chi connectivity index (χ1v) is 10.7. The summed E-state index contributed by atoms with van der Waals surface area (Å²) >= 11 is 0. The predicted octanol–water partition coefficient (Wildman–Crippen LogP) is 6.69. The van der Waals surface area contributed by atoms with Crippen molar-refractivity contribution in [3.63, 3.8) is 0 Å². The molecule has 0 aromatic heterocycles. The van der Waals surface area contributed by atoms with Gasteiger partial charge in [0.25, 0.3) is 0 Å². The first-order valence-electron chi connectivity index (χ1n) is 10.7. The Kier molecular flexibility index (Phi) is 6.10. The van der Waals surface area contributed by atoms with E-state index in [4.69, 9.17) is 0 Å². The number of carbonyl (C=O) groups is 1. The van der Waals surface area contributed by atoms with Crippen LogP contribution in [0.3, 0.4) is 0 Å². The van der Waals surface area contributed by atoms with E-state index >= 15 is 0 Å². The SMILES string of the molecule is C=C1CCCCC/C1=C/C=C1\CCC[C@@]2(C)C1CCC2[C@H](C)CC(=O)O. The zero-order chi connectivity index (χ0) is 18.7. The van der Waals surface area contributed by atoms with Crippen molar-refractivity contribution in [2.75, 3.05) is 0 Å². The third-order valence-corrected chi connectivity index (χ3v) is 7.60. The summed E-state index contributed by atoms with van der Waals surface area (Å²) in [6, 6.07) is 0. The van der Waals surface area contributed by atoms with Crippen molar-refractivity contribution in [3.05, 3.63) is 35.5 Å². The molecule has 2 nitrogen and oxygen atoms in total. The highest BCUT2D eigenvalue weighted by Crippen LogP contribution is 2.59. The van der Waals surface area contributed by atoms with Crippen LogP contribution >= 0.6 is 0 Å². The highest BCUT2D eigenvalue weighted by molar-refractivity contribution is 5.67. The van der Waals surface area contributed by atoms with Gasteiger partial charge < -0.3 is 5.11 Å². The highest BCUT2D eigenvalue weighted by atomic mass is 16.4. The Labute approximate surface area is 159 Å². The van der Waals surface area contributed by atoms with Gasteiger partial charge in [-0.25, -0.2) is 0 Å². The van der Waals surface area contributed by atoms with E-state index in [0.717, 1.165) is 6.42 Å². The molecule has 3 rings (SSSR count). The molecule has 0 heterocycles. The summed E-state index contributed by atoms with van der Waals surface area (Å²) in [6.45, 7) is 8.91. The Morgan fingerprint density at radius 3 is 2.73 bits per heavy atom. The molecule has 3 fully saturated rings. The molecule has 0 radical (unpaired) electrons. The van der Waals surface area contributed by atoms with Gasteiger partial charge in [0.2, 0.25) is 0 Å². The zero-order valence-electron chi connectivity index (χ0n) is 16.7. The van der Waals surface area contributed by atoms with Gasteiger partial charge in [-0.1, -0.05) is 50.1 Å². The van der Waals surface area contributed by atoms with Gasteiger partial charge in [0, 0.05) is 6.42 Å². The van der Waals surface area contributed by atoms with Crippen LogP contribution < -0.4 is 0 Å². The lowest BCUT2D eigenvalue weighted by molar-refractivity contribution is -0.138. The molecule has 2 heteroatoms. The van der Waals surface area contributed by atoms with Crippen LogP contribution in [0.1, 0.15) is 84.5 Å². The van der Waals surface area contributed by atoms with E-state index in [1.165, 1.54) is 68.9 Å². The van der Waals surface area contributed by atoms with Gasteiger partial charge in [-0.05, 0) is 86.5 Å². The van der Waals surface area contributed by atoms with Gasteiger partial charge in [-0.2, -0.15) is 0 Å². The average Bonchev–Trinajstić information content (AvgIpc) is 2.80. The van der Waals surface area contributed by atoms with Gasteiger partial charge in [0.1, 0.15) is 0 Å². The third-order valence-electron chi connectivity index (χ3n) is 7.60. The van der Waals surface area contributed by atoms with Gasteiger partial charge in [-0.15, -0.1) is 0 Å². The summed E-state index contributed by atoms with van der Waals surface area (Å²) in [6.07, 6.45) is 17.5. The molecule has 144 valence electrons. The minimum absolute atomic E-state index is 0.279. The molecule has 1 N–H and O–H groups in total. The molecule has 3 saturated carbocycles. The van der Waals surface area contributed by atoms with Gasteiger partial charge in [0.15, 0.2) is 0 Å². The van der Waals surface area contributed by atoms with Crippen molar-refractivity contribution in [1.29, 1.82) is 0 Å². The van der Waals surface area contributed by atoms with Gasteiger partial charge in [-0.3, -0.25) is 4.79 Å². The Morgan fingerprint density at radius 2 is 1.96 bits per heavy atom. The van der Waals surface area contributed by atoms with E-state index in [0.29, 0.717) is 18.3 Å². The number of carboxylic acids is 1. The second-order valence-electron chi connectivity index (χ2n) is 9.27. The van der Waals surface area contributed by atoms with E-state index in [1.807, 2.05) is 0 Å². The number of aliphatic carboxylic acids is 1. The van der Waals surface area contributed by atoms with Crippen molar-refractivity contribution in [2.24, 2.45) is 23.2 Å². The molecule has 4 atom stereocenters. The monoisotopic (exact) mass is 356 g/mol. The number of hydrogen-bond donors (Lipinski definition) is 1. The Balaban J connectivity index is 1.78. The van der Waals surface area contributed by atoms with E-state index in [9.17, 15) is 9.90 Å².